The first kappa shape index (κ1) is 16.5. The third-order valence-electron chi connectivity index (χ3n) is 4.55. The lowest BCUT2D eigenvalue weighted by Gasteiger charge is -2.38. The number of nitrogens with one attached hydrogen (secondary N) is 1. The second-order valence-electron chi connectivity index (χ2n) is 7.90. The Bertz CT molecular complexity index is 672. The molecule has 3 N–H and O–H groups in total. The molecule has 1 saturated carbocycles. The molecule has 1 aliphatic carbocycles. The number of nitrogens with two attached hydrogens (primary N) is 1. The van der Waals surface area contributed by atoms with Crippen LogP contribution in [0.4, 0.5) is 5.00 Å². The summed E-state index contributed by atoms with van der Waals surface area (Å²) in [5.41, 5.74) is 1.45. The van der Waals surface area contributed by atoms with Crippen molar-refractivity contribution in [2.45, 2.75) is 58.0 Å². The van der Waals surface area contributed by atoms with E-state index in [2.05, 4.69) is 38.3 Å². The highest BCUT2D eigenvalue weighted by Gasteiger charge is 2.45. The number of ether oxygens (including phenoxy) is 1. The molecule has 1 aromatic heterocycles. The van der Waals surface area contributed by atoms with E-state index < -0.39 is 0 Å². The Hall–Kier alpha value is -1.40. The molecule has 126 valence electrons. The zero-order valence-electron chi connectivity index (χ0n) is 14.4. The van der Waals surface area contributed by atoms with Gasteiger partial charge < -0.3 is 15.4 Å². The Labute approximate surface area is 140 Å². The van der Waals surface area contributed by atoms with Crippen LogP contribution in [0.2, 0.25) is 0 Å². The quantitative estimate of drug-likeness (QED) is 0.829. The first-order chi connectivity index (χ1) is 10.6. The number of hydrogen-bond donors (Lipinski definition) is 2. The van der Waals surface area contributed by atoms with Crippen molar-refractivity contribution in [2.75, 3.05) is 12.4 Å². The van der Waals surface area contributed by atoms with Gasteiger partial charge in [0.05, 0.1) is 23.1 Å². The number of fused-ring (bicyclic) bond motifs is 1. The summed E-state index contributed by atoms with van der Waals surface area (Å²) in [5.74, 6) is -0.229. The van der Waals surface area contributed by atoms with Crippen LogP contribution in [0.5, 0.6) is 0 Å². The van der Waals surface area contributed by atoms with Gasteiger partial charge in [0.1, 0.15) is 10.5 Å². The summed E-state index contributed by atoms with van der Waals surface area (Å²) in [4.78, 5) is 25.7. The van der Waals surface area contributed by atoms with E-state index in [1.807, 2.05) is 0 Å². The fourth-order valence-corrected chi connectivity index (χ4v) is 4.95. The summed E-state index contributed by atoms with van der Waals surface area (Å²) in [6.45, 7) is 8.69. The first-order valence-electron chi connectivity index (χ1n) is 8.07. The maximum absolute atomic E-state index is 12.4. The summed E-state index contributed by atoms with van der Waals surface area (Å²) < 4.78 is 5.00. The van der Waals surface area contributed by atoms with Gasteiger partial charge in [0.25, 0.3) is 0 Å². The topological polar surface area (TPSA) is 72.0 Å². The van der Waals surface area contributed by atoms with Gasteiger partial charge in [-0.05, 0) is 46.1 Å². The highest BCUT2D eigenvalue weighted by Crippen LogP contribution is 2.43. The molecule has 2 aliphatic rings. The van der Waals surface area contributed by atoms with Crippen LogP contribution < -0.4 is 10.6 Å². The van der Waals surface area contributed by atoms with Crippen molar-refractivity contribution in [1.29, 1.82) is 0 Å². The monoisotopic (exact) mass is 337 g/mol. The minimum Gasteiger partial charge on any atom is -0.465 e. The number of thiophene rings is 1. The molecule has 1 fully saturated rings. The fraction of sp³-hybridized carbons (Fsp3) is 0.647. The summed E-state index contributed by atoms with van der Waals surface area (Å²) in [7, 11) is 1.39. The van der Waals surface area contributed by atoms with Crippen LogP contribution in [-0.2, 0) is 21.5 Å². The Balaban J connectivity index is 2.08. The highest BCUT2D eigenvalue weighted by atomic mass is 32.1. The largest absolute Gasteiger partial charge is 0.465 e. The molecule has 0 bridgehead atoms. The number of quaternary nitrogens is 1. The van der Waals surface area contributed by atoms with Gasteiger partial charge in [-0.25, -0.2) is 4.79 Å². The van der Waals surface area contributed by atoms with E-state index in [9.17, 15) is 9.59 Å². The van der Waals surface area contributed by atoms with E-state index in [0.29, 0.717) is 10.6 Å². The predicted molar refractivity (Wildman–Crippen MR) is 89.7 cm³/mol. The average molecular weight is 337 g/mol. The lowest BCUT2D eigenvalue weighted by atomic mass is 9.81. The zero-order chi connectivity index (χ0) is 17.0. The lowest BCUT2D eigenvalue weighted by Crippen LogP contribution is -3.03. The van der Waals surface area contributed by atoms with Crippen molar-refractivity contribution in [1.82, 2.24) is 0 Å². The van der Waals surface area contributed by atoms with Crippen LogP contribution in [0.3, 0.4) is 0 Å². The third-order valence-corrected chi connectivity index (χ3v) is 6.04. The molecule has 6 heteroatoms. The Morgan fingerprint density at radius 1 is 1.26 bits per heavy atom. The van der Waals surface area contributed by atoms with E-state index in [1.54, 1.807) is 0 Å². The molecular weight excluding hydrogens is 312 g/mol. The summed E-state index contributed by atoms with van der Waals surface area (Å²) in [6.07, 6.45) is 2.67. The van der Waals surface area contributed by atoms with Gasteiger partial charge >= 0.3 is 5.97 Å². The molecule has 0 spiro atoms. The van der Waals surface area contributed by atoms with Gasteiger partial charge in [-0.2, -0.15) is 0 Å². The van der Waals surface area contributed by atoms with Gasteiger partial charge in [0.2, 0.25) is 5.91 Å². The number of anilines is 1. The van der Waals surface area contributed by atoms with Crippen molar-refractivity contribution in [3.05, 3.63) is 16.0 Å². The van der Waals surface area contributed by atoms with E-state index in [-0.39, 0.29) is 28.9 Å². The Kier molecular flexibility index (Phi) is 3.80. The lowest BCUT2D eigenvalue weighted by molar-refractivity contribution is -0.789. The molecule has 0 aromatic carbocycles. The number of methoxy groups -OCH3 is 1. The van der Waals surface area contributed by atoms with Crippen molar-refractivity contribution >= 4 is 28.2 Å². The summed E-state index contributed by atoms with van der Waals surface area (Å²) in [6, 6.07) is 0. The summed E-state index contributed by atoms with van der Waals surface area (Å²) in [5, 5.41) is 5.97. The molecule has 1 amide bonds. The van der Waals surface area contributed by atoms with E-state index in [0.717, 1.165) is 29.7 Å². The predicted octanol–water partition coefficient (Wildman–Crippen LogP) is 2.02. The number of esters is 1. The molecule has 1 aliphatic heterocycles. The zero-order valence-corrected chi connectivity index (χ0v) is 15.2. The number of hydrogen-bond acceptors (Lipinski definition) is 4. The second kappa shape index (κ2) is 5.31. The van der Waals surface area contributed by atoms with Crippen molar-refractivity contribution in [3.8, 4) is 0 Å². The normalized spacial score (nSPS) is 21.4. The summed E-state index contributed by atoms with van der Waals surface area (Å²) >= 11 is 1.52. The molecular formula is C17H25N2O3S+. The van der Waals surface area contributed by atoms with Crippen LogP contribution in [0.1, 0.15) is 61.3 Å². The molecule has 2 heterocycles. The maximum atomic E-state index is 12.4. The standard InChI is InChI=1S/C17H24N2O3S/c1-16(2)8-10-11(15(21)22-5)14(18-13(20)9-6-7-9)23-12(10)17(3,4)19-16/h9,19H,6-8H2,1-5H3,(H,18,20)/p+1. The smallest absolute Gasteiger partial charge is 0.341 e. The molecule has 0 saturated heterocycles. The number of amides is 1. The highest BCUT2D eigenvalue weighted by molar-refractivity contribution is 7.17. The van der Waals surface area contributed by atoms with Crippen LogP contribution in [0.15, 0.2) is 0 Å². The molecule has 0 radical (unpaired) electrons. The van der Waals surface area contributed by atoms with Crippen molar-refractivity contribution in [3.63, 3.8) is 0 Å². The van der Waals surface area contributed by atoms with Gasteiger partial charge in [0, 0.05) is 12.3 Å². The minimum absolute atomic E-state index is 0.00187. The maximum Gasteiger partial charge on any atom is 0.341 e. The van der Waals surface area contributed by atoms with E-state index >= 15 is 0 Å². The fourth-order valence-electron chi connectivity index (χ4n) is 3.67. The number of carbonyl (C=O) groups is 2. The van der Waals surface area contributed by atoms with E-state index in [4.69, 9.17) is 4.74 Å². The van der Waals surface area contributed by atoms with Crippen molar-refractivity contribution in [2.24, 2.45) is 5.92 Å². The Morgan fingerprint density at radius 3 is 2.48 bits per heavy atom. The third kappa shape index (κ3) is 3.02. The van der Waals surface area contributed by atoms with Crippen molar-refractivity contribution < 1.29 is 19.6 Å². The Morgan fingerprint density at radius 2 is 1.91 bits per heavy atom. The average Bonchev–Trinajstić information content (AvgIpc) is 3.20. The second-order valence-corrected chi connectivity index (χ2v) is 8.92. The SMILES string of the molecule is COC(=O)c1c(NC(=O)C2CC2)sc2c1CC(C)(C)[NH2+]C2(C)C. The van der Waals surface area contributed by atoms with Crippen LogP contribution in [-0.4, -0.2) is 24.5 Å². The van der Waals surface area contributed by atoms with Crippen LogP contribution in [0.25, 0.3) is 0 Å². The van der Waals surface area contributed by atoms with Crippen LogP contribution >= 0.6 is 11.3 Å². The molecule has 3 rings (SSSR count). The van der Waals surface area contributed by atoms with E-state index in [1.165, 1.54) is 18.4 Å². The number of rotatable bonds is 3. The molecule has 0 atom stereocenters. The van der Waals surface area contributed by atoms with Gasteiger partial charge in [-0.15, -0.1) is 11.3 Å². The molecule has 1 aromatic rings. The minimum atomic E-state index is -0.359. The number of carbonyl (C=O) groups excluding carboxylic acids is 2. The molecule has 23 heavy (non-hydrogen) atoms. The van der Waals surface area contributed by atoms with Crippen LogP contribution in [0, 0.1) is 5.92 Å². The van der Waals surface area contributed by atoms with Gasteiger partial charge in [-0.1, -0.05) is 0 Å². The first-order valence-corrected chi connectivity index (χ1v) is 8.88. The molecule has 5 nitrogen and oxygen atoms in total. The molecule has 0 unspecified atom stereocenters. The van der Waals surface area contributed by atoms with Gasteiger partial charge in [-0.3, -0.25) is 4.79 Å². The van der Waals surface area contributed by atoms with Gasteiger partial charge in [0.15, 0.2) is 0 Å².